The van der Waals surface area contributed by atoms with E-state index in [4.69, 9.17) is 4.74 Å². The van der Waals surface area contributed by atoms with Crippen molar-refractivity contribution in [1.29, 1.82) is 0 Å². The first-order valence-electron chi connectivity index (χ1n) is 8.45. The quantitative estimate of drug-likeness (QED) is 0.688. The van der Waals surface area contributed by atoms with E-state index in [1.54, 1.807) is 24.5 Å². The summed E-state index contributed by atoms with van der Waals surface area (Å²) in [7, 11) is 0. The molecule has 0 saturated carbocycles. The van der Waals surface area contributed by atoms with Gasteiger partial charge in [0.2, 0.25) is 5.65 Å². The topological polar surface area (TPSA) is 70.5 Å². The van der Waals surface area contributed by atoms with Gasteiger partial charge < -0.3 is 4.74 Å². The van der Waals surface area contributed by atoms with E-state index in [-0.39, 0.29) is 16.9 Å². The van der Waals surface area contributed by atoms with Crippen molar-refractivity contribution >= 4 is 5.65 Å². The van der Waals surface area contributed by atoms with Gasteiger partial charge in [0, 0.05) is 24.6 Å². The number of hydrogen-bond donors (Lipinski definition) is 0. The fourth-order valence-electron chi connectivity index (χ4n) is 2.61. The minimum atomic E-state index is -0.327. The first-order chi connectivity index (χ1) is 12.0. The van der Waals surface area contributed by atoms with E-state index in [1.165, 1.54) is 13.6 Å². The molecule has 0 aliphatic rings. The highest BCUT2D eigenvalue weighted by atomic mass is 16.5. The van der Waals surface area contributed by atoms with Gasteiger partial charge in [-0.2, -0.15) is 0 Å². The first kappa shape index (κ1) is 17.0. The Morgan fingerprint density at radius 1 is 1.12 bits per heavy atom. The van der Waals surface area contributed by atoms with E-state index >= 15 is 0 Å². The van der Waals surface area contributed by atoms with Crippen LogP contribution >= 0.6 is 0 Å². The number of aromatic nitrogens is 4. The highest BCUT2D eigenvalue weighted by molar-refractivity contribution is 5.42. The summed E-state index contributed by atoms with van der Waals surface area (Å²) in [5.74, 6) is 1.20. The zero-order chi connectivity index (χ0) is 18.0. The Labute approximate surface area is 145 Å². The van der Waals surface area contributed by atoms with Crippen LogP contribution in [0.3, 0.4) is 0 Å². The van der Waals surface area contributed by atoms with Crippen LogP contribution < -0.4 is 16.0 Å². The molecule has 0 aliphatic heterocycles. The maximum absolute atomic E-state index is 12.7. The number of rotatable bonds is 6. The van der Waals surface area contributed by atoms with Crippen LogP contribution in [-0.4, -0.2) is 25.4 Å². The Hall–Kier alpha value is -2.83. The van der Waals surface area contributed by atoms with Crippen molar-refractivity contribution in [2.75, 3.05) is 6.61 Å². The van der Waals surface area contributed by atoms with Crippen molar-refractivity contribution in [3.63, 3.8) is 0 Å². The molecule has 3 rings (SSSR count). The van der Waals surface area contributed by atoms with Gasteiger partial charge >= 0.3 is 11.2 Å². The molecule has 0 unspecified atom stereocenters. The molecule has 0 bridgehead atoms. The van der Waals surface area contributed by atoms with Crippen molar-refractivity contribution in [2.24, 2.45) is 5.92 Å². The van der Waals surface area contributed by atoms with Crippen molar-refractivity contribution in [3.05, 3.63) is 57.5 Å². The largest absolute Gasteiger partial charge is 0.494 e. The zero-order valence-electron chi connectivity index (χ0n) is 14.7. The highest BCUT2D eigenvalue weighted by Gasteiger charge is 2.13. The Morgan fingerprint density at radius 2 is 1.84 bits per heavy atom. The molecule has 0 spiro atoms. The number of hydrogen-bond acceptors (Lipinski definition) is 4. The van der Waals surface area contributed by atoms with E-state index < -0.39 is 0 Å². The van der Waals surface area contributed by atoms with E-state index in [1.807, 2.05) is 19.1 Å². The second-order valence-corrected chi connectivity index (χ2v) is 6.28. The van der Waals surface area contributed by atoms with Crippen molar-refractivity contribution in [2.45, 2.75) is 33.7 Å². The fourth-order valence-corrected chi connectivity index (χ4v) is 2.61. The summed E-state index contributed by atoms with van der Waals surface area (Å²) in [6.45, 7) is 7.17. The molecule has 7 nitrogen and oxygen atoms in total. The second-order valence-electron chi connectivity index (χ2n) is 6.28. The Morgan fingerprint density at radius 3 is 2.48 bits per heavy atom. The summed E-state index contributed by atoms with van der Waals surface area (Å²) in [6, 6.07) is 7.22. The molecule has 3 aromatic rings. The fraction of sp³-hybridized carbons (Fsp3) is 0.389. The van der Waals surface area contributed by atoms with Crippen LogP contribution in [0.15, 0.2) is 46.2 Å². The molecule has 0 aliphatic carbocycles. The average Bonchev–Trinajstić information content (AvgIpc) is 2.92. The van der Waals surface area contributed by atoms with Crippen LogP contribution in [0.5, 0.6) is 5.75 Å². The van der Waals surface area contributed by atoms with E-state index in [0.717, 1.165) is 12.2 Å². The molecule has 0 fully saturated rings. The summed E-state index contributed by atoms with van der Waals surface area (Å²) < 4.78 is 9.55. The highest BCUT2D eigenvalue weighted by Crippen LogP contribution is 2.14. The molecular formula is C18H22N4O3. The smallest absolute Gasteiger partial charge is 0.350 e. The third-order valence-corrected chi connectivity index (χ3v) is 3.99. The van der Waals surface area contributed by atoms with Gasteiger partial charge in [-0.25, -0.2) is 13.9 Å². The van der Waals surface area contributed by atoms with E-state index in [2.05, 4.69) is 18.9 Å². The second kappa shape index (κ2) is 6.96. The molecule has 2 aromatic heterocycles. The average molecular weight is 342 g/mol. The van der Waals surface area contributed by atoms with Crippen LogP contribution in [0, 0.1) is 5.92 Å². The Bertz CT molecular complexity index is 980. The Balaban J connectivity index is 2.02. The van der Waals surface area contributed by atoms with Gasteiger partial charge in [0.15, 0.2) is 0 Å². The Kier molecular flexibility index (Phi) is 4.74. The van der Waals surface area contributed by atoms with Gasteiger partial charge in [-0.1, -0.05) is 13.8 Å². The number of benzene rings is 1. The summed E-state index contributed by atoms with van der Waals surface area (Å²) in [6.07, 6.45) is 3.99. The minimum absolute atomic E-state index is 0.130. The van der Waals surface area contributed by atoms with Crippen molar-refractivity contribution < 1.29 is 4.74 Å². The van der Waals surface area contributed by atoms with Crippen LogP contribution in [0.25, 0.3) is 11.3 Å². The molecule has 0 saturated heterocycles. The van der Waals surface area contributed by atoms with Gasteiger partial charge in [-0.15, -0.1) is 5.10 Å². The summed E-state index contributed by atoms with van der Waals surface area (Å²) >= 11 is 0. The molecule has 0 atom stereocenters. The number of aryl methyl sites for hydroxylation is 1. The lowest BCUT2D eigenvalue weighted by molar-refractivity contribution is 0.340. The zero-order valence-corrected chi connectivity index (χ0v) is 14.7. The van der Waals surface area contributed by atoms with Gasteiger partial charge in [-0.3, -0.25) is 9.36 Å². The van der Waals surface area contributed by atoms with E-state index in [9.17, 15) is 9.59 Å². The van der Waals surface area contributed by atoms with Gasteiger partial charge in [0.1, 0.15) is 5.75 Å². The standard InChI is InChI=1S/C18H22N4O3/c1-4-25-15-7-5-14(6-8-15)20-11-12-21-16(17(20)23)19-22(18(21)24)10-9-13(2)3/h5-8,11-13H,4,9-10H2,1-3H3. The summed E-state index contributed by atoms with van der Waals surface area (Å²) in [4.78, 5) is 25.1. The molecule has 0 N–H and O–H groups in total. The molecule has 0 amide bonds. The molecule has 132 valence electrons. The van der Waals surface area contributed by atoms with Crippen LogP contribution in [0.1, 0.15) is 27.2 Å². The van der Waals surface area contributed by atoms with E-state index in [0.29, 0.717) is 24.8 Å². The molecule has 7 heteroatoms. The molecular weight excluding hydrogens is 320 g/mol. The van der Waals surface area contributed by atoms with Gasteiger partial charge in [-0.05, 0) is 43.5 Å². The summed E-state index contributed by atoms with van der Waals surface area (Å²) in [5.41, 5.74) is 0.212. The molecule has 0 radical (unpaired) electrons. The number of nitrogens with zero attached hydrogens (tertiary/aromatic N) is 4. The molecule has 25 heavy (non-hydrogen) atoms. The normalized spacial score (nSPS) is 11.4. The van der Waals surface area contributed by atoms with Crippen LogP contribution in [0.4, 0.5) is 0 Å². The maximum Gasteiger partial charge on any atom is 0.350 e. The molecule has 1 aromatic carbocycles. The van der Waals surface area contributed by atoms with Gasteiger partial charge in [0.25, 0.3) is 0 Å². The predicted octanol–water partition coefficient (Wildman–Crippen LogP) is 2.09. The maximum atomic E-state index is 12.7. The van der Waals surface area contributed by atoms with Gasteiger partial charge in [0.05, 0.1) is 6.61 Å². The first-order valence-corrected chi connectivity index (χ1v) is 8.45. The van der Waals surface area contributed by atoms with Crippen molar-refractivity contribution in [1.82, 2.24) is 18.7 Å². The number of fused-ring (bicyclic) bond motifs is 1. The third-order valence-electron chi connectivity index (χ3n) is 3.99. The third kappa shape index (κ3) is 3.35. The van der Waals surface area contributed by atoms with Crippen molar-refractivity contribution in [3.8, 4) is 11.4 Å². The lowest BCUT2D eigenvalue weighted by Crippen LogP contribution is -2.24. The predicted molar refractivity (Wildman–Crippen MR) is 95.7 cm³/mol. The molecule has 2 heterocycles. The van der Waals surface area contributed by atoms with Crippen LogP contribution in [-0.2, 0) is 6.54 Å². The monoisotopic (exact) mass is 342 g/mol. The lowest BCUT2D eigenvalue weighted by Gasteiger charge is -2.07. The SMILES string of the molecule is CCOc1ccc(-n2ccn3c(=O)n(CCC(C)C)nc3c2=O)cc1. The number of ether oxygens (including phenoxy) is 1. The van der Waals surface area contributed by atoms with Crippen LogP contribution in [0.2, 0.25) is 0 Å². The summed E-state index contributed by atoms with van der Waals surface area (Å²) in [5, 5.41) is 4.23. The lowest BCUT2D eigenvalue weighted by atomic mass is 10.1. The minimum Gasteiger partial charge on any atom is -0.494 e.